The number of nitrogen functional groups attached to an aromatic ring is 1. The van der Waals surface area contributed by atoms with E-state index < -0.39 is 0 Å². The lowest BCUT2D eigenvalue weighted by Crippen LogP contribution is -2.20. The van der Waals surface area contributed by atoms with Gasteiger partial charge in [-0.3, -0.25) is 9.20 Å². The molecule has 0 fully saturated rings. The van der Waals surface area contributed by atoms with E-state index in [0.29, 0.717) is 11.3 Å². The fraction of sp³-hybridized carbons (Fsp3) is 0.200. The van der Waals surface area contributed by atoms with Crippen molar-refractivity contribution in [2.24, 2.45) is 0 Å². The zero-order valence-corrected chi connectivity index (χ0v) is 8.11. The van der Waals surface area contributed by atoms with Crippen LogP contribution < -0.4 is 11.3 Å². The third kappa shape index (κ3) is 1.16. The molecule has 0 amide bonds. The lowest BCUT2D eigenvalue weighted by Gasteiger charge is -2.04. The number of hydrogen-bond acceptors (Lipinski definition) is 3. The molecule has 0 aliphatic heterocycles. The number of hydrogen-bond donors (Lipinski definition) is 1. The molecule has 0 bridgehead atoms. The van der Waals surface area contributed by atoms with E-state index >= 15 is 0 Å². The van der Waals surface area contributed by atoms with Crippen molar-refractivity contribution in [3.63, 3.8) is 0 Å². The van der Waals surface area contributed by atoms with E-state index in [4.69, 9.17) is 5.73 Å². The van der Waals surface area contributed by atoms with Crippen LogP contribution in [0, 0.1) is 13.8 Å². The van der Waals surface area contributed by atoms with E-state index in [9.17, 15) is 4.79 Å². The van der Waals surface area contributed by atoms with E-state index in [1.807, 2.05) is 19.1 Å². The number of rotatable bonds is 0. The Hall–Kier alpha value is -1.84. The normalized spacial score (nSPS) is 10.7. The smallest absolute Gasteiger partial charge is 0.281 e. The summed E-state index contributed by atoms with van der Waals surface area (Å²) in [5.74, 6) is 0. The van der Waals surface area contributed by atoms with Crippen LogP contribution >= 0.6 is 0 Å². The molecule has 0 radical (unpaired) electrons. The quantitative estimate of drug-likeness (QED) is 0.669. The highest BCUT2D eigenvalue weighted by molar-refractivity contribution is 5.49. The maximum atomic E-state index is 11.7. The molecule has 0 aliphatic rings. The summed E-state index contributed by atoms with van der Waals surface area (Å²) in [6, 6.07) is 3.72. The first-order valence-electron chi connectivity index (χ1n) is 4.34. The molecule has 0 spiro atoms. The Morgan fingerprint density at radius 3 is 2.79 bits per heavy atom. The Kier molecular flexibility index (Phi) is 1.77. The zero-order chi connectivity index (χ0) is 10.3. The molecule has 4 heteroatoms. The summed E-state index contributed by atoms with van der Waals surface area (Å²) in [7, 11) is 0. The summed E-state index contributed by atoms with van der Waals surface area (Å²) < 4.78 is 1.47. The molecule has 0 atom stereocenters. The largest absolute Gasteiger partial charge is 0.393 e. The second-order valence-corrected chi connectivity index (χ2v) is 3.35. The molecule has 2 aromatic heterocycles. The van der Waals surface area contributed by atoms with Crippen LogP contribution in [0.2, 0.25) is 0 Å². The van der Waals surface area contributed by atoms with Crippen molar-refractivity contribution >= 4 is 11.3 Å². The lowest BCUT2D eigenvalue weighted by atomic mass is 10.3. The monoisotopic (exact) mass is 189 g/mol. The van der Waals surface area contributed by atoms with Crippen molar-refractivity contribution in [2.75, 3.05) is 5.73 Å². The van der Waals surface area contributed by atoms with Crippen molar-refractivity contribution in [3.8, 4) is 0 Å². The summed E-state index contributed by atoms with van der Waals surface area (Å²) in [5.41, 5.74) is 7.84. The van der Waals surface area contributed by atoms with Crippen LogP contribution in [0.25, 0.3) is 5.65 Å². The molecule has 2 N–H and O–H groups in total. The molecule has 2 rings (SSSR count). The molecule has 14 heavy (non-hydrogen) atoms. The van der Waals surface area contributed by atoms with E-state index in [0.717, 1.165) is 5.56 Å². The topological polar surface area (TPSA) is 60.4 Å². The van der Waals surface area contributed by atoms with Gasteiger partial charge in [-0.2, -0.15) is 0 Å². The van der Waals surface area contributed by atoms with E-state index in [1.165, 1.54) is 4.40 Å². The van der Waals surface area contributed by atoms with Gasteiger partial charge < -0.3 is 5.73 Å². The third-order valence-electron chi connectivity index (χ3n) is 2.20. The molecule has 72 valence electrons. The van der Waals surface area contributed by atoms with Gasteiger partial charge in [0.25, 0.3) is 5.56 Å². The van der Waals surface area contributed by atoms with Gasteiger partial charge in [0.05, 0.1) is 5.69 Å². The Morgan fingerprint density at radius 2 is 2.07 bits per heavy atom. The van der Waals surface area contributed by atoms with E-state index in [-0.39, 0.29) is 11.2 Å². The highest BCUT2D eigenvalue weighted by Crippen LogP contribution is 2.05. The number of aromatic nitrogens is 2. The van der Waals surface area contributed by atoms with Crippen molar-refractivity contribution in [2.45, 2.75) is 13.8 Å². The number of nitrogens with two attached hydrogens (primary N) is 1. The highest BCUT2D eigenvalue weighted by atomic mass is 16.1. The van der Waals surface area contributed by atoms with Crippen LogP contribution in [0.4, 0.5) is 5.69 Å². The molecule has 2 heterocycles. The molecule has 0 unspecified atom stereocenters. The van der Waals surface area contributed by atoms with Crippen LogP contribution in [0.5, 0.6) is 0 Å². The van der Waals surface area contributed by atoms with Crippen molar-refractivity contribution in [1.29, 1.82) is 0 Å². The minimum Gasteiger partial charge on any atom is -0.393 e. The number of nitrogens with zero attached hydrogens (tertiary/aromatic N) is 2. The Bertz CT molecular complexity index is 557. The summed E-state index contributed by atoms with van der Waals surface area (Å²) in [6.45, 7) is 3.65. The van der Waals surface area contributed by atoms with Gasteiger partial charge in [0.15, 0.2) is 0 Å². The molecular weight excluding hydrogens is 178 g/mol. The maximum Gasteiger partial charge on any atom is 0.281 e. The number of anilines is 1. The summed E-state index contributed by atoms with van der Waals surface area (Å²) in [6.07, 6.45) is 1.74. The molecular formula is C10H11N3O. The molecule has 4 nitrogen and oxygen atoms in total. The predicted molar refractivity (Wildman–Crippen MR) is 55.3 cm³/mol. The molecule has 0 saturated heterocycles. The standard InChI is InChI=1S/C10H11N3O/c1-6-3-4-8-12-7(2)9(11)10(14)13(8)5-6/h3-5H,11H2,1-2H3. The van der Waals surface area contributed by atoms with Crippen LogP contribution in [0.3, 0.4) is 0 Å². The Morgan fingerprint density at radius 1 is 1.36 bits per heavy atom. The minimum absolute atomic E-state index is 0.198. The maximum absolute atomic E-state index is 11.7. The lowest BCUT2D eigenvalue weighted by molar-refractivity contribution is 1.01. The van der Waals surface area contributed by atoms with E-state index in [1.54, 1.807) is 13.1 Å². The Labute approximate surface area is 81.0 Å². The van der Waals surface area contributed by atoms with Gasteiger partial charge in [0.2, 0.25) is 0 Å². The SMILES string of the molecule is Cc1ccc2nc(C)c(N)c(=O)n2c1. The van der Waals surface area contributed by atoms with Crippen LogP contribution in [0.1, 0.15) is 11.3 Å². The highest BCUT2D eigenvalue weighted by Gasteiger charge is 2.04. The number of pyridine rings is 1. The van der Waals surface area contributed by atoms with Gasteiger partial charge in [-0.05, 0) is 25.5 Å². The molecule has 0 saturated carbocycles. The van der Waals surface area contributed by atoms with Gasteiger partial charge in [-0.1, -0.05) is 6.07 Å². The fourth-order valence-electron chi connectivity index (χ4n) is 1.37. The number of aryl methyl sites for hydroxylation is 2. The molecule has 0 aliphatic carbocycles. The fourth-order valence-corrected chi connectivity index (χ4v) is 1.37. The summed E-state index contributed by atoms with van der Waals surface area (Å²) >= 11 is 0. The van der Waals surface area contributed by atoms with Crippen LogP contribution in [-0.2, 0) is 0 Å². The second-order valence-electron chi connectivity index (χ2n) is 3.35. The first kappa shape index (κ1) is 8.74. The van der Waals surface area contributed by atoms with E-state index in [2.05, 4.69) is 4.98 Å². The first-order valence-corrected chi connectivity index (χ1v) is 4.34. The summed E-state index contributed by atoms with van der Waals surface area (Å²) in [5, 5.41) is 0. The van der Waals surface area contributed by atoms with Gasteiger partial charge in [-0.25, -0.2) is 4.98 Å². The van der Waals surface area contributed by atoms with Gasteiger partial charge in [0.1, 0.15) is 11.3 Å². The molecule has 0 aromatic carbocycles. The van der Waals surface area contributed by atoms with Gasteiger partial charge >= 0.3 is 0 Å². The number of fused-ring (bicyclic) bond motifs is 1. The van der Waals surface area contributed by atoms with Gasteiger partial charge in [-0.15, -0.1) is 0 Å². The second kappa shape index (κ2) is 2.83. The van der Waals surface area contributed by atoms with Crippen molar-refractivity contribution < 1.29 is 0 Å². The zero-order valence-electron chi connectivity index (χ0n) is 8.11. The first-order chi connectivity index (χ1) is 6.59. The predicted octanol–water partition coefficient (Wildman–Crippen LogP) is 0.894. The summed E-state index contributed by atoms with van der Waals surface area (Å²) in [4.78, 5) is 15.9. The Balaban J connectivity index is 2.99. The van der Waals surface area contributed by atoms with Crippen LogP contribution in [-0.4, -0.2) is 9.38 Å². The minimum atomic E-state index is -0.198. The average Bonchev–Trinajstić information content (AvgIpc) is 2.16. The molecule has 2 aromatic rings. The van der Waals surface area contributed by atoms with Crippen molar-refractivity contribution in [1.82, 2.24) is 9.38 Å². The van der Waals surface area contributed by atoms with Crippen molar-refractivity contribution in [3.05, 3.63) is 39.9 Å². The van der Waals surface area contributed by atoms with Gasteiger partial charge in [0, 0.05) is 6.20 Å². The third-order valence-corrected chi connectivity index (χ3v) is 2.20. The average molecular weight is 189 g/mol. The van der Waals surface area contributed by atoms with Crippen LogP contribution in [0.15, 0.2) is 23.1 Å².